The summed E-state index contributed by atoms with van der Waals surface area (Å²) in [5.41, 5.74) is 1.80. The molecule has 0 unspecified atom stereocenters. The SMILES string of the molecule is CCOc1nn(C)c2ccc(NC(=O)C3CCC3)cc12. The second-order valence-electron chi connectivity index (χ2n) is 5.21. The number of rotatable bonds is 4. The Labute approximate surface area is 117 Å². The Balaban J connectivity index is 1.88. The van der Waals surface area contributed by atoms with Crippen LogP contribution in [0.15, 0.2) is 18.2 Å². The quantitative estimate of drug-likeness (QED) is 0.931. The monoisotopic (exact) mass is 273 g/mol. The maximum atomic E-state index is 12.0. The van der Waals surface area contributed by atoms with Crippen molar-refractivity contribution in [1.82, 2.24) is 9.78 Å². The molecule has 1 saturated carbocycles. The largest absolute Gasteiger partial charge is 0.476 e. The molecule has 1 amide bonds. The van der Waals surface area contributed by atoms with E-state index in [1.54, 1.807) is 4.68 Å². The highest BCUT2D eigenvalue weighted by atomic mass is 16.5. The lowest BCUT2D eigenvalue weighted by Gasteiger charge is -2.24. The summed E-state index contributed by atoms with van der Waals surface area (Å²) in [6, 6.07) is 5.81. The predicted octanol–water partition coefficient (Wildman–Crippen LogP) is 2.71. The number of carbonyl (C=O) groups is 1. The zero-order valence-electron chi connectivity index (χ0n) is 11.8. The molecule has 1 aromatic heterocycles. The maximum Gasteiger partial charge on any atom is 0.240 e. The summed E-state index contributed by atoms with van der Waals surface area (Å²) in [5.74, 6) is 0.924. The number of aryl methyl sites for hydroxylation is 1. The van der Waals surface area contributed by atoms with E-state index in [0.29, 0.717) is 12.5 Å². The molecular formula is C15H19N3O2. The van der Waals surface area contributed by atoms with E-state index in [2.05, 4.69) is 10.4 Å². The van der Waals surface area contributed by atoms with Gasteiger partial charge in [0, 0.05) is 18.7 Å². The van der Waals surface area contributed by atoms with Crippen molar-refractivity contribution in [1.29, 1.82) is 0 Å². The molecule has 1 heterocycles. The van der Waals surface area contributed by atoms with Crippen LogP contribution in [0.4, 0.5) is 5.69 Å². The number of nitrogens with one attached hydrogen (secondary N) is 1. The van der Waals surface area contributed by atoms with E-state index >= 15 is 0 Å². The summed E-state index contributed by atoms with van der Waals surface area (Å²) >= 11 is 0. The maximum absolute atomic E-state index is 12.0. The number of hydrogen-bond acceptors (Lipinski definition) is 3. The van der Waals surface area contributed by atoms with Gasteiger partial charge >= 0.3 is 0 Å². The third-order valence-electron chi connectivity index (χ3n) is 3.84. The van der Waals surface area contributed by atoms with Crippen LogP contribution in [-0.2, 0) is 11.8 Å². The molecule has 3 rings (SSSR count). The number of benzene rings is 1. The van der Waals surface area contributed by atoms with Crippen molar-refractivity contribution in [3.05, 3.63) is 18.2 Å². The van der Waals surface area contributed by atoms with Gasteiger partial charge in [-0.15, -0.1) is 5.10 Å². The normalized spacial score (nSPS) is 15.1. The molecule has 1 fully saturated rings. The Hall–Kier alpha value is -2.04. The van der Waals surface area contributed by atoms with Gasteiger partial charge in [-0.25, -0.2) is 0 Å². The predicted molar refractivity (Wildman–Crippen MR) is 77.9 cm³/mol. The van der Waals surface area contributed by atoms with Crippen molar-refractivity contribution in [2.45, 2.75) is 26.2 Å². The highest BCUT2D eigenvalue weighted by Gasteiger charge is 2.25. The topological polar surface area (TPSA) is 56.1 Å². The molecule has 0 aliphatic heterocycles. The van der Waals surface area contributed by atoms with Gasteiger partial charge in [-0.3, -0.25) is 9.48 Å². The molecule has 1 aliphatic carbocycles. The Morgan fingerprint density at radius 2 is 2.30 bits per heavy atom. The van der Waals surface area contributed by atoms with E-state index in [1.165, 1.54) is 0 Å². The Bertz CT molecular complexity index is 644. The zero-order valence-corrected chi connectivity index (χ0v) is 11.8. The average molecular weight is 273 g/mol. The van der Waals surface area contributed by atoms with Gasteiger partial charge in [-0.1, -0.05) is 6.42 Å². The molecule has 1 aromatic carbocycles. The molecule has 0 atom stereocenters. The molecule has 2 aromatic rings. The van der Waals surface area contributed by atoms with E-state index in [0.717, 1.165) is 35.9 Å². The lowest BCUT2D eigenvalue weighted by Crippen LogP contribution is -2.27. The van der Waals surface area contributed by atoms with Crippen molar-refractivity contribution >= 4 is 22.5 Å². The van der Waals surface area contributed by atoms with Gasteiger partial charge in [0.2, 0.25) is 11.8 Å². The fourth-order valence-electron chi connectivity index (χ4n) is 2.47. The van der Waals surface area contributed by atoms with Crippen molar-refractivity contribution in [2.24, 2.45) is 13.0 Å². The third kappa shape index (κ3) is 2.24. The molecule has 5 heteroatoms. The first-order valence-corrected chi connectivity index (χ1v) is 7.09. The highest BCUT2D eigenvalue weighted by molar-refractivity contribution is 5.96. The van der Waals surface area contributed by atoms with Gasteiger partial charge in [0.25, 0.3) is 0 Å². The van der Waals surface area contributed by atoms with E-state index in [1.807, 2.05) is 32.2 Å². The summed E-state index contributed by atoms with van der Waals surface area (Å²) in [5, 5.41) is 8.26. The van der Waals surface area contributed by atoms with Gasteiger partial charge in [0.05, 0.1) is 17.5 Å². The van der Waals surface area contributed by atoms with Crippen LogP contribution in [0, 0.1) is 5.92 Å². The fraction of sp³-hybridized carbons (Fsp3) is 0.467. The molecule has 0 radical (unpaired) electrons. The zero-order chi connectivity index (χ0) is 14.1. The van der Waals surface area contributed by atoms with Crippen molar-refractivity contribution < 1.29 is 9.53 Å². The lowest BCUT2D eigenvalue weighted by atomic mass is 9.85. The Morgan fingerprint density at radius 3 is 2.95 bits per heavy atom. The number of fused-ring (bicyclic) bond motifs is 1. The lowest BCUT2D eigenvalue weighted by molar-refractivity contribution is -0.122. The first kappa shape index (κ1) is 13.0. The second-order valence-corrected chi connectivity index (χ2v) is 5.21. The standard InChI is InChI=1S/C15H19N3O2/c1-3-20-15-12-9-11(7-8-13(12)18(2)17-15)16-14(19)10-5-4-6-10/h7-10H,3-6H2,1-2H3,(H,16,19). The van der Waals surface area contributed by atoms with Gasteiger partial charge in [-0.2, -0.15) is 0 Å². The van der Waals surface area contributed by atoms with E-state index < -0.39 is 0 Å². The van der Waals surface area contributed by atoms with Crippen LogP contribution in [0.25, 0.3) is 10.9 Å². The number of amides is 1. The summed E-state index contributed by atoms with van der Waals surface area (Å²) in [6.07, 6.45) is 3.17. The van der Waals surface area contributed by atoms with E-state index in [-0.39, 0.29) is 11.8 Å². The van der Waals surface area contributed by atoms with Crippen LogP contribution in [0.3, 0.4) is 0 Å². The molecule has 20 heavy (non-hydrogen) atoms. The van der Waals surface area contributed by atoms with Crippen LogP contribution in [0.2, 0.25) is 0 Å². The van der Waals surface area contributed by atoms with Gasteiger partial charge < -0.3 is 10.1 Å². The van der Waals surface area contributed by atoms with Crippen molar-refractivity contribution in [3.63, 3.8) is 0 Å². The minimum Gasteiger partial charge on any atom is -0.476 e. The average Bonchev–Trinajstić information content (AvgIpc) is 2.64. The first-order valence-electron chi connectivity index (χ1n) is 7.09. The van der Waals surface area contributed by atoms with Gasteiger partial charge in [-0.05, 0) is 38.0 Å². The molecule has 5 nitrogen and oxygen atoms in total. The molecule has 106 valence electrons. The number of anilines is 1. The van der Waals surface area contributed by atoms with Crippen LogP contribution in [-0.4, -0.2) is 22.3 Å². The van der Waals surface area contributed by atoms with Crippen LogP contribution in [0.5, 0.6) is 5.88 Å². The molecular weight excluding hydrogens is 254 g/mol. The second kappa shape index (κ2) is 5.15. The molecule has 0 bridgehead atoms. The number of nitrogens with zero attached hydrogens (tertiary/aromatic N) is 2. The van der Waals surface area contributed by atoms with Gasteiger partial charge in [0.15, 0.2) is 0 Å². The number of carbonyl (C=O) groups excluding carboxylic acids is 1. The minimum absolute atomic E-state index is 0.123. The third-order valence-corrected chi connectivity index (χ3v) is 3.84. The Kier molecular flexibility index (Phi) is 3.34. The summed E-state index contributed by atoms with van der Waals surface area (Å²) in [6.45, 7) is 2.51. The molecule has 1 N–H and O–H groups in total. The Morgan fingerprint density at radius 1 is 1.50 bits per heavy atom. The van der Waals surface area contributed by atoms with Crippen LogP contribution in [0.1, 0.15) is 26.2 Å². The molecule has 0 saturated heterocycles. The fourth-order valence-corrected chi connectivity index (χ4v) is 2.47. The molecule has 0 spiro atoms. The van der Waals surface area contributed by atoms with Crippen molar-refractivity contribution in [3.8, 4) is 5.88 Å². The minimum atomic E-state index is 0.123. The summed E-state index contributed by atoms with van der Waals surface area (Å²) in [7, 11) is 1.89. The van der Waals surface area contributed by atoms with E-state index in [9.17, 15) is 4.79 Å². The highest BCUT2D eigenvalue weighted by Crippen LogP contribution is 2.30. The van der Waals surface area contributed by atoms with Crippen LogP contribution < -0.4 is 10.1 Å². The smallest absolute Gasteiger partial charge is 0.240 e. The summed E-state index contributed by atoms with van der Waals surface area (Å²) in [4.78, 5) is 12.0. The first-order chi connectivity index (χ1) is 9.69. The molecule has 1 aliphatic rings. The number of ether oxygens (including phenoxy) is 1. The van der Waals surface area contributed by atoms with Crippen molar-refractivity contribution in [2.75, 3.05) is 11.9 Å². The summed E-state index contributed by atoms with van der Waals surface area (Å²) < 4.78 is 7.32. The van der Waals surface area contributed by atoms with Gasteiger partial charge in [0.1, 0.15) is 0 Å². The van der Waals surface area contributed by atoms with E-state index in [4.69, 9.17) is 4.74 Å². The van der Waals surface area contributed by atoms with Crippen LogP contribution >= 0.6 is 0 Å². The number of aromatic nitrogens is 2. The number of hydrogen-bond donors (Lipinski definition) is 1.